The van der Waals surface area contributed by atoms with E-state index in [1.807, 2.05) is 44.2 Å². The van der Waals surface area contributed by atoms with E-state index in [1.54, 1.807) is 7.11 Å². The maximum atomic E-state index is 12.5. The van der Waals surface area contributed by atoms with Gasteiger partial charge in [0.05, 0.1) is 19.7 Å². The van der Waals surface area contributed by atoms with Gasteiger partial charge in [-0.25, -0.2) is 0 Å². The fourth-order valence-electron chi connectivity index (χ4n) is 4.16. The molecule has 2 amide bonds. The molecule has 1 atom stereocenters. The maximum absolute atomic E-state index is 12.5. The molecule has 2 N–H and O–H groups in total. The lowest BCUT2D eigenvalue weighted by Crippen LogP contribution is -2.43. The van der Waals surface area contributed by atoms with Gasteiger partial charge in [-0.2, -0.15) is 0 Å². The molecule has 1 unspecified atom stereocenters. The Balaban J connectivity index is 1.58. The Bertz CT molecular complexity index is 869. The summed E-state index contributed by atoms with van der Waals surface area (Å²) in [5, 5.41) is 5.74. The van der Waals surface area contributed by atoms with Crippen LogP contribution in [-0.4, -0.2) is 50.0 Å². The van der Waals surface area contributed by atoms with Crippen LogP contribution in [0.5, 0.6) is 5.75 Å². The highest BCUT2D eigenvalue weighted by Crippen LogP contribution is 2.25. The second kappa shape index (κ2) is 11.0. The monoisotopic (exact) mass is 423 g/mol. The first kappa shape index (κ1) is 22.8. The molecule has 1 heterocycles. The summed E-state index contributed by atoms with van der Waals surface area (Å²) >= 11 is 0. The molecule has 1 saturated heterocycles. The van der Waals surface area contributed by atoms with Crippen molar-refractivity contribution < 1.29 is 14.3 Å². The molecule has 2 aromatic rings. The van der Waals surface area contributed by atoms with Gasteiger partial charge in [-0.1, -0.05) is 35.7 Å². The van der Waals surface area contributed by atoms with Gasteiger partial charge in [0.15, 0.2) is 0 Å². The Labute approximate surface area is 185 Å². The highest BCUT2D eigenvalue weighted by Gasteiger charge is 2.23. The SMILES string of the molecule is COc1ccc(C(CNC(=O)CNC(=O)c2cc(C)cc(C)c2)N2CCCCC2)cc1. The Hall–Kier alpha value is -2.86. The Morgan fingerprint density at radius 3 is 2.23 bits per heavy atom. The predicted octanol–water partition coefficient (Wildman–Crippen LogP) is 3.39. The number of methoxy groups -OCH3 is 1. The van der Waals surface area contributed by atoms with Crippen LogP contribution in [0.25, 0.3) is 0 Å². The van der Waals surface area contributed by atoms with Crippen LogP contribution in [0.3, 0.4) is 0 Å². The zero-order chi connectivity index (χ0) is 22.2. The van der Waals surface area contributed by atoms with Crippen molar-refractivity contribution in [2.75, 3.05) is 33.3 Å². The van der Waals surface area contributed by atoms with Gasteiger partial charge in [0, 0.05) is 12.1 Å². The van der Waals surface area contributed by atoms with Gasteiger partial charge in [0.2, 0.25) is 5.91 Å². The zero-order valence-corrected chi connectivity index (χ0v) is 18.7. The summed E-state index contributed by atoms with van der Waals surface area (Å²) in [6.45, 7) is 6.42. The van der Waals surface area contributed by atoms with Crippen molar-refractivity contribution in [2.45, 2.75) is 39.2 Å². The molecular weight excluding hydrogens is 390 g/mol. The van der Waals surface area contributed by atoms with Crippen LogP contribution in [0, 0.1) is 13.8 Å². The molecule has 0 aliphatic carbocycles. The topological polar surface area (TPSA) is 70.7 Å². The van der Waals surface area contributed by atoms with Gasteiger partial charge in [0.1, 0.15) is 5.75 Å². The minimum atomic E-state index is -0.232. The molecule has 0 aromatic heterocycles. The number of carbonyl (C=O) groups excluding carboxylic acids is 2. The van der Waals surface area contributed by atoms with E-state index >= 15 is 0 Å². The van der Waals surface area contributed by atoms with Crippen LogP contribution >= 0.6 is 0 Å². The number of amides is 2. The number of likely N-dealkylation sites (tertiary alicyclic amines) is 1. The molecule has 0 saturated carbocycles. The largest absolute Gasteiger partial charge is 0.497 e. The van der Waals surface area contributed by atoms with Crippen LogP contribution in [0.2, 0.25) is 0 Å². The number of piperidine rings is 1. The minimum Gasteiger partial charge on any atom is -0.497 e. The van der Waals surface area contributed by atoms with Crippen LogP contribution in [0.1, 0.15) is 52.4 Å². The average molecular weight is 424 g/mol. The summed E-state index contributed by atoms with van der Waals surface area (Å²) in [6, 6.07) is 13.8. The van der Waals surface area contributed by atoms with Crippen molar-refractivity contribution in [2.24, 2.45) is 0 Å². The maximum Gasteiger partial charge on any atom is 0.251 e. The van der Waals surface area contributed by atoms with E-state index in [0.29, 0.717) is 12.1 Å². The first-order chi connectivity index (χ1) is 15.0. The van der Waals surface area contributed by atoms with E-state index in [0.717, 1.165) is 35.5 Å². The molecule has 1 fully saturated rings. The second-order valence-corrected chi connectivity index (χ2v) is 8.25. The minimum absolute atomic E-state index is 0.0405. The van der Waals surface area contributed by atoms with Crippen molar-refractivity contribution in [1.29, 1.82) is 0 Å². The number of aryl methyl sites for hydroxylation is 2. The third-order valence-electron chi connectivity index (χ3n) is 5.72. The molecule has 6 heteroatoms. The number of carbonyl (C=O) groups is 2. The summed E-state index contributed by atoms with van der Waals surface area (Å²) in [5.41, 5.74) is 3.79. The van der Waals surface area contributed by atoms with Crippen molar-refractivity contribution in [3.05, 3.63) is 64.7 Å². The van der Waals surface area contributed by atoms with Gasteiger partial charge in [-0.15, -0.1) is 0 Å². The van der Waals surface area contributed by atoms with Crippen LogP contribution < -0.4 is 15.4 Å². The number of ether oxygens (including phenoxy) is 1. The first-order valence-electron chi connectivity index (χ1n) is 11.0. The molecule has 1 aliphatic heterocycles. The third kappa shape index (κ3) is 6.56. The van der Waals surface area contributed by atoms with Gasteiger partial charge < -0.3 is 15.4 Å². The van der Waals surface area contributed by atoms with E-state index < -0.39 is 0 Å². The number of hydrogen-bond acceptors (Lipinski definition) is 4. The molecule has 0 bridgehead atoms. The zero-order valence-electron chi connectivity index (χ0n) is 18.7. The highest BCUT2D eigenvalue weighted by molar-refractivity contribution is 5.96. The Morgan fingerprint density at radius 2 is 1.61 bits per heavy atom. The molecule has 166 valence electrons. The number of nitrogens with zero attached hydrogens (tertiary/aromatic N) is 1. The smallest absolute Gasteiger partial charge is 0.251 e. The molecule has 2 aromatic carbocycles. The summed E-state index contributed by atoms with van der Waals surface area (Å²) in [7, 11) is 1.66. The third-order valence-corrected chi connectivity index (χ3v) is 5.72. The van der Waals surface area contributed by atoms with E-state index in [1.165, 1.54) is 19.3 Å². The predicted molar refractivity (Wildman–Crippen MR) is 122 cm³/mol. The van der Waals surface area contributed by atoms with Crippen LogP contribution in [0.15, 0.2) is 42.5 Å². The molecule has 1 aliphatic rings. The Kier molecular flexibility index (Phi) is 8.06. The van der Waals surface area contributed by atoms with Crippen molar-refractivity contribution in [3.8, 4) is 5.75 Å². The van der Waals surface area contributed by atoms with Crippen molar-refractivity contribution in [1.82, 2.24) is 15.5 Å². The summed E-state index contributed by atoms with van der Waals surface area (Å²) in [5.74, 6) is 0.400. The van der Waals surface area contributed by atoms with Crippen molar-refractivity contribution >= 4 is 11.8 Å². The van der Waals surface area contributed by atoms with Gasteiger partial charge in [0.25, 0.3) is 5.91 Å². The van der Waals surface area contributed by atoms with E-state index in [9.17, 15) is 9.59 Å². The fraction of sp³-hybridized carbons (Fsp3) is 0.440. The van der Waals surface area contributed by atoms with E-state index in [-0.39, 0.29) is 24.4 Å². The highest BCUT2D eigenvalue weighted by atomic mass is 16.5. The molecule has 6 nitrogen and oxygen atoms in total. The van der Waals surface area contributed by atoms with Crippen molar-refractivity contribution in [3.63, 3.8) is 0 Å². The second-order valence-electron chi connectivity index (χ2n) is 8.25. The first-order valence-corrected chi connectivity index (χ1v) is 11.0. The van der Waals surface area contributed by atoms with E-state index in [2.05, 4.69) is 27.7 Å². The molecular formula is C25H33N3O3. The van der Waals surface area contributed by atoms with Gasteiger partial charge in [-0.3, -0.25) is 14.5 Å². The summed E-state index contributed by atoms with van der Waals surface area (Å²) in [6.07, 6.45) is 3.60. The quantitative estimate of drug-likeness (QED) is 0.683. The van der Waals surface area contributed by atoms with Crippen LogP contribution in [0.4, 0.5) is 0 Å². The van der Waals surface area contributed by atoms with Gasteiger partial charge >= 0.3 is 0 Å². The normalized spacial score (nSPS) is 15.2. The number of benzene rings is 2. The van der Waals surface area contributed by atoms with E-state index in [4.69, 9.17) is 4.74 Å². The molecule has 0 radical (unpaired) electrons. The Morgan fingerprint density at radius 1 is 0.968 bits per heavy atom. The molecule has 31 heavy (non-hydrogen) atoms. The number of rotatable bonds is 8. The lowest BCUT2D eigenvalue weighted by molar-refractivity contribution is -0.120. The lowest BCUT2D eigenvalue weighted by atomic mass is 10.0. The molecule has 3 rings (SSSR count). The molecule has 0 spiro atoms. The standard InChI is InChI=1S/C25H33N3O3/c1-18-13-19(2)15-21(14-18)25(30)27-17-24(29)26-16-23(28-11-5-4-6-12-28)20-7-9-22(31-3)10-8-20/h7-10,13-15,23H,4-6,11-12,16-17H2,1-3H3,(H,26,29)(H,27,30). The average Bonchev–Trinajstić information content (AvgIpc) is 2.78. The lowest BCUT2D eigenvalue weighted by Gasteiger charge is -2.35. The summed E-state index contributed by atoms with van der Waals surface area (Å²) < 4.78 is 5.27. The van der Waals surface area contributed by atoms with Gasteiger partial charge in [-0.05, 0) is 69.6 Å². The number of hydrogen-bond donors (Lipinski definition) is 2. The number of nitrogens with one attached hydrogen (secondary N) is 2. The summed E-state index contributed by atoms with van der Waals surface area (Å²) in [4.78, 5) is 27.3. The van der Waals surface area contributed by atoms with Crippen LogP contribution in [-0.2, 0) is 4.79 Å². The fourth-order valence-corrected chi connectivity index (χ4v) is 4.16.